The molecule has 8 heteroatoms. The molecule has 0 saturated heterocycles. The number of ether oxygens (including phenoxy) is 1. The summed E-state index contributed by atoms with van der Waals surface area (Å²) in [6.45, 7) is 3.58. The first-order valence-electron chi connectivity index (χ1n) is 7.60. The highest BCUT2D eigenvalue weighted by atomic mass is 32.1. The minimum absolute atomic E-state index is 0.0309. The van der Waals surface area contributed by atoms with E-state index < -0.39 is 5.97 Å². The van der Waals surface area contributed by atoms with Crippen molar-refractivity contribution in [1.29, 1.82) is 0 Å². The molecule has 126 valence electrons. The lowest BCUT2D eigenvalue weighted by molar-refractivity contribution is 0.0468. The summed E-state index contributed by atoms with van der Waals surface area (Å²) in [4.78, 5) is 22.0. The summed E-state index contributed by atoms with van der Waals surface area (Å²) in [6.07, 6.45) is 3.35. The van der Waals surface area contributed by atoms with Gasteiger partial charge in [-0.15, -0.1) is 11.3 Å². The second-order valence-corrected chi connectivity index (χ2v) is 6.37. The van der Waals surface area contributed by atoms with E-state index in [1.165, 1.54) is 0 Å². The molecular formula is C17H14N4O3S. The number of hydrogen-bond acceptors (Lipinski definition) is 7. The molecule has 0 atom stereocenters. The first-order chi connectivity index (χ1) is 12.1. The van der Waals surface area contributed by atoms with Crippen LogP contribution in [-0.4, -0.2) is 25.6 Å². The van der Waals surface area contributed by atoms with Gasteiger partial charge < -0.3 is 9.15 Å². The van der Waals surface area contributed by atoms with Gasteiger partial charge in [-0.25, -0.2) is 19.3 Å². The first kappa shape index (κ1) is 15.5. The van der Waals surface area contributed by atoms with Crippen LogP contribution in [0.25, 0.3) is 16.4 Å². The Bertz CT molecular complexity index is 1050. The highest BCUT2D eigenvalue weighted by Crippen LogP contribution is 2.26. The van der Waals surface area contributed by atoms with E-state index in [0.717, 1.165) is 4.88 Å². The normalized spacial score (nSPS) is 11.1. The number of fused-ring (bicyclic) bond motifs is 1. The number of carbonyl (C=O) groups is 1. The number of hydrogen-bond donors (Lipinski definition) is 0. The van der Waals surface area contributed by atoms with E-state index in [1.54, 1.807) is 48.2 Å². The molecule has 0 saturated carbocycles. The van der Waals surface area contributed by atoms with Gasteiger partial charge >= 0.3 is 5.97 Å². The monoisotopic (exact) mass is 354 g/mol. The molecule has 4 aromatic rings. The lowest BCUT2D eigenvalue weighted by Gasteiger charge is -2.02. The van der Waals surface area contributed by atoms with Crippen molar-refractivity contribution in [3.05, 3.63) is 58.7 Å². The Kier molecular flexibility index (Phi) is 3.81. The van der Waals surface area contributed by atoms with Gasteiger partial charge in [-0.2, -0.15) is 5.10 Å². The molecule has 0 amide bonds. The molecule has 0 fully saturated rings. The van der Waals surface area contributed by atoms with Gasteiger partial charge in [0.25, 0.3) is 0 Å². The molecule has 0 N–H and O–H groups in total. The molecule has 0 aliphatic heterocycles. The Labute approximate surface area is 146 Å². The van der Waals surface area contributed by atoms with Crippen LogP contribution >= 0.6 is 11.3 Å². The first-order valence-corrected chi connectivity index (χ1v) is 8.48. The van der Waals surface area contributed by atoms with Gasteiger partial charge in [0.15, 0.2) is 5.65 Å². The van der Waals surface area contributed by atoms with Crippen molar-refractivity contribution in [3.63, 3.8) is 0 Å². The van der Waals surface area contributed by atoms with Gasteiger partial charge in [-0.1, -0.05) is 6.07 Å². The molecular weight excluding hydrogens is 340 g/mol. The predicted molar refractivity (Wildman–Crippen MR) is 91.4 cm³/mol. The van der Waals surface area contributed by atoms with E-state index in [9.17, 15) is 4.79 Å². The van der Waals surface area contributed by atoms with Crippen molar-refractivity contribution in [2.75, 3.05) is 0 Å². The average Bonchev–Trinajstić information content (AvgIpc) is 3.30. The lowest BCUT2D eigenvalue weighted by Crippen LogP contribution is -2.07. The molecule has 0 aromatic carbocycles. The Morgan fingerprint density at radius 1 is 1.36 bits per heavy atom. The second kappa shape index (κ2) is 6.14. The number of oxazole rings is 1. The van der Waals surface area contributed by atoms with Crippen LogP contribution in [-0.2, 0) is 11.3 Å². The van der Waals surface area contributed by atoms with E-state index >= 15 is 0 Å². The number of esters is 1. The topological polar surface area (TPSA) is 82.5 Å². The molecule has 0 spiro atoms. The molecule has 4 aromatic heterocycles. The Hall–Kier alpha value is -3.00. The molecule has 0 radical (unpaired) electrons. The van der Waals surface area contributed by atoms with Crippen molar-refractivity contribution in [2.45, 2.75) is 20.5 Å². The van der Waals surface area contributed by atoms with Gasteiger partial charge in [0.1, 0.15) is 23.6 Å². The summed E-state index contributed by atoms with van der Waals surface area (Å²) in [6, 6.07) is 5.61. The highest BCUT2D eigenvalue weighted by Gasteiger charge is 2.21. The third-order valence-corrected chi connectivity index (χ3v) is 4.60. The third kappa shape index (κ3) is 2.80. The van der Waals surface area contributed by atoms with Gasteiger partial charge in [0.05, 0.1) is 10.6 Å². The van der Waals surface area contributed by atoms with Crippen molar-refractivity contribution in [3.8, 4) is 10.8 Å². The molecule has 0 bridgehead atoms. The molecule has 7 nitrogen and oxygen atoms in total. The Morgan fingerprint density at radius 3 is 3.04 bits per heavy atom. The van der Waals surface area contributed by atoms with Crippen LogP contribution in [0.5, 0.6) is 0 Å². The summed E-state index contributed by atoms with van der Waals surface area (Å²) >= 11 is 1.54. The van der Waals surface area contributed by atoms with Crippen molar-refractivity contribution >= 4 is 23.0 Å². The number of rotatable bonds is 4. The fourth-order valence-corrected chi connectivity index (χ4v) is 3.16. The fraction of sp³-hybridized carbons (Fsp3) is 0.176. The molecule has 0 unspecified atom stereocenters. The summed E-state index contributed by atoms with van der Waals surface area (Å²) in [5.41, 5.74) is 2.00. The average molecular weight is 354 g/mol. The number of aromatic nitrogens is 4. The molecule has 25 heavy (non-hydrogen) atoms. The van der Waals surface area contributed by atoms with Crippen molar-refractivity contribution < 1.29 is 13.9 Å². The van der Waals surface area contributed by atoms with Crippen LogP contribution in [0.1, 0.15) is 27.5 Å². The standard InChI is InChI=1S/C17H14N4O3S/c1-10-14(15-18-6-4-7-21(15)20-10)17(22)23-9-12-11(2)24-16(19-12)13-5-3-8-25-13/h3-8H,9H2,1-2H3. The third-order valence-electron chi connectivity index (χ3n) is 3.74. The largest absolute Gasteiger partial charge is 0.455 e. The van der Waals surface area contributed by atoms with Gasteiger partial charge in [0, 0.05) is 12.4 Å². The van der Waals surface area contributed by atoms with Crippen LogP contribution in [0.2, 0.25) is 0 Å². The smallest absolute Gasteiger partial charge is 0.344 e. The Morgan fingerprint density at radius 2 is 2.24 bits per heavy atom. The fourth-order valence-electron chi connectivity index (χ4n) is 2.51. The van der Waals surface area contributed by atoms with Crippen molar-refractivity contribution in [1.82, 2.24) is 19.6 Å². The van der Waals surface area contributed by atoms with E-state index in [0.29, 0.717) is 34.2 Å². The van der Waals surface area contributed by atoms with E-state index in [2.05, 4.69) is 15.1 Å². The van der Waals surface area contributed by atoms with Gasteiger partial charge in [-0.05, 0) is 31.4 Å². The maximum absolute atomic E-state index is 12.5. The van der Waals surface area contributed by atoms with Crippen LogP contribution in [0, 0.1) is 13.8 Å². The summed E-state index contributed by atoms with van der Waals surface area (Å²) in [7, 11) is 0. The van der Waals surface area contributed by atoms with Gasteiger partial charge in [0.2, 0.25) is 5.89 Å². The van der Waals surface area contributed by atoms with Crippen molar-refractivity contribution in [2.24, 2.45) is 0 Å². The van der Waals surface area contributed by atoms with Gasteiger partial charge in [-0.3, -0.25) is 0 Å². The van der Waals surface area contributed by atoms with Crippen LogP contribution in [0.15, 0.2) is 40.4 Å². The highest BCUT2D eigenvalue weighted by molar-refractivity contribution is 7.13. The maximum atomic E-state index is 12.5. The summed E-state index contributed by atoms with van der Waals surface area (Å²) in [5.74, 6) is 0.685. The quantitative estimate of drug-likeness (QED) is 0.522. The van der Waals surface area contributed by atoms with E-state index in [-0.39, 0.29) is 6.61 Å². The van der Waals surface area contributed by atoms with E-state index in [1.807, 2.05) is 17.5 Å². The number of aryl methyl sites for hydroxylation is 2. The SMILES string of the molecule is Cc1nn2cccnc2c1C(=O)OCc1nc(-c2cccs2)oc1C. The summed E-state index contributed by atoms with van der Waals surface area (Å²) < 4.78 is 12.6. The minimum atomic E-state index is -0.480. The summed E-state index contributed by atoms with van der Waals surface area (Å²) in [5, 5.41) is 6.22. The zero-order chi connectivity index (χ0) is 17.4. The maximum Gasteiger partial charge on any atom is 0.344 e. The second-order valence-electron chi connectivity index (χ2n) is 5.42. The van der Waals surface area contributed by atoms with Crippen LogP contribution in [0.4, 0.5) is 0 Å². The molecule has 4 heterocycles. The number of thiophene rings is 1. The minimum Gasteiger partial charge on any atom is -0.455 e. The zero-order valence-electron chi connectivity index (χ0n) is 13.6. The van der Waals surface area contributed by atoms with E-state index in [4.69, 9.17) is 9.15 Å². The van der Waals surface area contributed by atoms with Crippen LogP contribution in [0.3, 0.4) is 0 Å². The molecule has 0 aliphatic carbocycles. The zero-order valence-corrected chi connectivity index (χ0v) is 14.4. The predicted octanol–water partition coefficient (Wildman–Crippen LogP) is 3.42. The number of carbonyl (C=O) groups excluding carboxylic acids is 1. The Balaban J connectivity index is 1.55. The molecule has 4 rings (SSSR count). The van der Waals surface area contributed by atoms with Crippen LogP contribution < -0.4 is 0 Å². The molecule has 0 aliphatic rings. The number of nitrogens with zero attached hydrogens (tertiary/aromatic N) is 4. The lowest BCUT2D eigenvalue weighted by atomic mass is 10.2.